The van der Waals surface area contributed by atoms with E-state index in [1.165, 1.54) is 6.42 Å². The monoisotopic (exact) mass is 254 g/mol. The van der Waals surface area contributed by atoms with Gasteiger partial charge in [0.05, 0.1) is 13.2 Å². The molecule has 0 aliphatic carbocycles. The molecule has 1 aromatic heterocycles. The third-order valence-corrected chi connectivity index (χ3v) is 2.84. The van der Waals surface area contributed by atoms with E-state index in [4.69, 9.17) is 5.11 Å². The molecule has 0 radical (unpaired) electrons. The molecule has 5 nitrogen and oxygen atoms in total. The first-order valence-electron chi connectivity index (χ1n) is 6.87. The molecule has 0 aliphatic heterocycles. The minimum absolute atomic E-state index is 0.196. The van der Waals surface area contributed by atoms with Crippen molar-refractivity contribution in [3.63, 3.8) is 0 Å². The minimum Gasteiger partial charge on any atom is -0.395 e. The highest BCUT2D eigenvalue weighted by molar-refractivity contribution is 4.85. The SMILES string of the molecule is CCCCN(CCO)Cc1ncnn1CC(C)C. The second-order valence-electron chi connectivity index (χ2n) is 5.11. The average molecular weight is 254 g/mol. The van der Waals surface area contributed by atoms with Crippen LogP contribution in [-0.4, -0.2) is 44.5 Å². The number of hydrogen-bond donors (Lipinski definition) is 1. The summed E-state index contributed by atoms with van der Waals surface area (Å²) in [5, 5.41) is 13.4. The van der Waals surface area contributed by atoms with E-state index in [0.29, 0.717) is 12.5 Å². The third-order valence-electron chi connectivity index (χ3n) is 2.84. The highest BCUT2D eigenvalue weighted by Crippen LogP contribution is 2.06. The molecule has 1 rings (SSSR count). The summed E-state index contributed by atoms with van der Waals surface area (Å²) >= 11 is 0. The van der Waals surface area contributed by atoms with Crippen LogP contribution < -0.4 is 0 Å². The van der Waals surface area contributed by atoms with Crippen LogP contribution in [0.2, 0.25) is 0 Å². The van der Waals surface area contributed by atoms with E-state index in [2.05, 4.69) is 35.8 Å². The van der Waals surface area contributed by atoms with Gasteiger partial charge in [0.15, 0.2) is 0 Å². The highest BCUT2D eigenvalue weighted by atomic mass is 16.3. The van der Waals surface area contributed by atoms with Gasteiger partial charge in [0.2, 0.25) is 0 Å². The summed E-state index contributed by atoms with van der Waals surface area (Å²) < 4.78 is 1.97. The van der Waals surface area contributed by atoms with Crippen LogP contribution in [0.5, 0.6) is 0 Å². The molecule has 0 amide bonds. The molecule has 1 N–H and O–H groups in total. The van der Waals surface area contributed by atoms with Crippen LogP contribution in [0.3, 0.4) is 0 Å². The van der Waals surface area contributed by atoms with Gasteiger partial charge in [-0.05, 0) is 18.9 Å². The molecule has 0 bridgehead atoms. The lowest BCUT2D eigenvalue weighted by Gasteiger charge is -2.21. The number of nitrogens with zero attached hydrogens (tertiary/aromatic N) is 4. The van der Waals surface area contributed by atoms with E-state index in [0.717, 1.165) is 31.9 Å². The van der Waals surface area contributed by atoms with Crippen LogP contribution in [0.4, 0.5) is 0 Å². The number of aliphatic hydroxyl groups excluding tert-OH is 1. The number of hydrogen-bond acceptors (Lipinski definition) is 4. The van der Waals surface area contributed by atoms with E-state index in [-0.39, 0.29) is 6.61 Å². The number of rotatable bonds is 9. The number of unbranched alkanes of at least 4 members (excludes halogenated alkanes) is 1. The number of aromatic nitrogens is 3. The topological polar surface area (TPSA) is 54.2 Å². The Morgan fingerprint density at radius 3 is 2.78 bits per heavy atom. The summed E-state index contributed by atoms with van der Waals surface area (Å²) in [4.78, 5) is 6.57. The van der Waals surface area contributed by atoms with E-state index >= 15 is 0 Å². The van der Waals surface area contributed by atoms with Gasteiger partial charge in [-0.1, -0.05) is 27.2 Å². The minimum atomic E-state index is 0.196. The van der Waals surface area contributed by atoms with Crippen LogP contribution in [0.25, 0.3) is 0 Å². The van der Waals surface area contributed by atoms with Crippen molar-refractivity contribution in [3.05, 3.63) is 12.2 Å². The van der Waals surface area contributed by atoms with Crippen molar-refractivity contribution in [2.24, 2.45) is 5.92 Å². The van der Waals surface area contributed by atoms with Crippen molar-refractivity contribution in [3.8, 4) is 0 Å². The van der Waals surface area contributed by atoms with E-state index in [9.17, 15) is 0 Å². The maximum atomic E-state index is 9.09. The Morgan fingerprint density at radius 2 is 2.17 bits per heavy atom. The molecule has 0 aliphatic rings. The fraction of sp³-hybridized carbons (Fsp3) is 0.846. The molecule has 0 saturated carbocycles. The van der Waals surface area contributed by atoms with Gasteiger partial charge < -0.3 is 5.11 Å². The molecule has 0 aromatic carbocycles. The van der Waals surface area contributed by atoms with E-state index < -0.39 is 0 Å². The summed E-state index contributed by atoms with van der Waals surface area (Å²) in [5.41, 5.74) is 0. The number of aliphatic hydroxyl groups is 1. The summed E-state index contributed by atoms with van der Waals surface area (Å²) in [7, 11) is 0. The van der Waals surface area contributed by atoms with Crippen molar-refractivity contribution in [1.29, 1.82) is 0 Å². The first-order chi connectivity index (χ1) is 8.67. The molecule has 0 atom stereocenters. The molecule has 0 saturated heterocycles. The molecule has 1 aromatic rings. The van der Waals surface area contributed by atoms with Crippen LogP contribution in [0.1, 0.15) is 39.4 Å². The molecule has 1 heterocycles. The molecule has 0 unspecified atom stereocenters. The average Bonchev–Trinajstić information content (AvgIpc) is 2.73. The molecule has 0 fully saturated rings. The summed E-state index contributed by atoms with van der Waals surface area (Å²) in [5.74, 6) is 1.56. The quantitative estimate of drug-likeness (QED) is 0.726. The summed E-state index contributed by atoms with van der Waals surface area (Å²) in [6, 6.07) is 0. The maximum absolute atomic E-state index is 9.09. The van der Waals surface area contributed by atoms with Crippen LogP contribution in [0.15, 0.2) is 6.33 Å². The zero-order chi connectivity index (χ0) is 13.4. The Bertz CT molecular complexity index is 325. The molecule has 104 valence electrons. The molecular weight excluding hydrogens is 228 g/mol. The Morgan fingerprint density at radius 1 is 1.39 bits per heavy atom. The summed E-state index contributed by atoms with van der Waals surface area (Å²) in [6.07, 6.45) is 3.94. The van der Waals surface area contributed by atoms with Crippen molar-refractivity contribution in [2.45, 2.75) is 46.7 Å². The van der Waals surface area contributed by atoms with Crippen molar-refractivity contribution >= 4 is 0 Å². The molecule has 0 spiro atoms. The lowest BCUT2D eigenvalue weighted by Crippen LogP contribution is -2.29. The van der Waals surface area contributed by atoms with Gasteiger partial charge in [-0.2, -0.15) is 5.10 Å². The predicted molar refractivity (Wildman–Crippen MR) is 72.1 cm³/mol. The Kier molecular flexibility index (Phi) is 6.90. The lowest BCUT2D eigenvalue weighted by atomic mass is 10.2. The van der Waals surface area contributed by atoms with Gasteiger partial charge in [0.1, 0.15) is 12.2 Å². The molecule has 5 heteroatoms. The lowest BCUT2D eigenvalue weighted by molar-refractivity contribution is 0.182. The largest absolute Gasteiger partial charge is 0.395 e. The normalized spacial score (nSPS) is 11.7. The zero-order valence-corrected chi connectivity index (χ0v) is 11.8. The van der Waals surface area contributed by atoms with Crippen LogP contribution in [0, 0.1) is 5.92 Å². The highest BCUT2D eigenvalue weighted by Gasteiger charge is 2.11. The fourth-order valence-corrected chi connectivity index (χ4v) is 1.90. The van der Waals surface area contributed by atoms with Gasteiger partial charge in [-0.15, -0.1) is 0 Å². The second-order valence-corrected chi connectivity index (χ2v) is 5.11. The Labute approximate surface area is 110 Å². The smallest absolute Gasteiger partial charge is 0.141 e. The van der Waals surface area contributed by atoms with Crippen molar-refractivity contribution in [1.82, 2.24) is 19.7 Å². The zero-order valence-electron chi connectivity index (χ0n) is 11.8. The first kappa shape index (κ1) is 15.1. The fourth-order valence-electron chi connectivity index (χ4n) is 1.90. The first-order valence-corrected chi connectivity index (χ1v) is 6.87. The second kappa shape index (κ2) is 8.21. The predicted octanol–water partition coefficient (Wildman–Crippen LogP) is 1.53. The van der Waals surface area contributed by atoms with Gasteiger partial charge >= 0.3 is 0 Å². The molecule has 18 heavy (non-hydrogen) atoms. The van der Waals surface area contributed by atoms with Gasteiger partial charge in [-0.3, -0.25) is 4.90 Å². The molecular formula is C13H26N4O. The van der Waals surface area contributed by atoms with Gasteiger partial charge in [0, 0.05) is 13.1 Å². The van der Waals surface area contributed by atoms with E-state index in [1.807, 2.05) is 4.68 Å². The Hall–Kier alpha value is -0.940. The van der Waals surface area contributed by atoms with E-state index in [1.54, 1.807) is 6.33 Å². The van der Waals surface area contributed by atoms with Gasteiger partial charge in [-0.25, -0.2) is 9.67 Å². The van der Waals surface area contributed by atoms with Crippen LogP contribution in [-0.2, 0) is 13.1 Å². The van der Waals surface area contributed by atoms with Crippen LogP contribution >= 0.6 is 0 Å². The Balaban J connectivity index is 2.59. The van der Waals surface area contributed by atoms with Gasteiger partial charge in [0.25, 0.3) is 0 Å². The maximum Gasteiger partial charge on any atom is 0.141 e. The van der Waals surface area contributed by atoms with Crippen molar-refractivity contribution < 1.29 is 5.11 Å². The standard InChI is InChI=1S/C13H26N4O/c1-4-5-6-16(7-8-18)10-13-14-11-15-17(13)9-12(2)3/h11-12,18H,4-10H2,1-3H3. The third kappa shape index (κ3) is 5.14. The summed E-state index contributed by atoms with van der Waals surface area (Å²) in [6.45, 7) is 10.1. The van der Waals surface area contributed by atoms with Crippen molar-refractivity contribution in [2.75, 3.05) is 19.7 Å².